The second-order valence-electron chi connectivity index (χ2n) is 2.95. The number of carboxylic acid groups (broad SMARTS) is 1. The van der Waals surface area contributed by atoms with Crippen LogP contribution in [0.5, 0.6) is 0 Å². The van der Waals surface area contributed by atoms with E-state index in [0.29, 0.717) is 39.5 Å². The molecule has 0 bridgehead atoms. The first kappa shape index (κ1) is 15.8. The number of hydrogen-bond donors (Lipinski definition) is 1. The number of aliphatic carboxylic acids is 1. The molecule has 0 radical (unpaired) electrons. The van der Waals surface area contributed by atoms with E-state index in [1.165, 1.54) is 0 Å². The number of carboxylic acids is 1. The van der Waals surface area contributed by atoms with E-state index in [4.69, 9.17) is 19.3 Å². The molecule has 0 aromatic carbocycles. The Balaban J connectivity index is 2.94. The standard InChI is InChI=1S/C10H18O7/c11-9-17-8-7-16-6-5-15-4-3-14-2-1-10(12)13/h9H,1-8H2,(H,12,13). The van der Waals surface area contributed by atoms with Crippen molar-refractivity contribution in [2.75, 3.05) is 46.2 Å². The van der Waals surface area contributed by atoms with Gasteiger partial charge in [-0.2, -0.15) is 0 Å². The second kappa shape index (κ2) is 12.9. The molecule has 7 heteroatoms. The highest BCUT2D eigenvalue weighted by molar-refractivity contribution is 5.66. The highest BCUT2D eigenvalue weighted by Gasteiger charge is 1.96. The fourth-order valence-electron chi connectivity index (χ4n) is 0.857. The van der Waals surface area contributed by atoms with Crippen LogP contribution < -0.4 is 0 Å². The monoisotopic (exact) mass is 250 g/mol. The molecule has 0 spiro atoms. The SMILES string of the molecule is O=COCCOCCOCCOCCC(=O)O. The summed E-state index contributed by atoms with van der Waals surface area (Å²) in [6.45, 7) is 2.74. The van der Waals surface area contributed by atoms with Crippen LogP contribution in [0.3, 0.4) is 0 Å². The minimum Gasteiger partial charge on any atom is -0.481 e. The Morgan fingerprint density at radius 2 is 1.35 bits per heavy atom. The van der Waals surface area contributed by atoms with Gasteiger partial charge in [-0.1, -0.05) is 0 Å². The van der Waals surface area contributed by atoms with Gasteiger partial charge in [0.1, 0.15) is 6.61 Å². The van der Waals surface area contributed by atoms with Crippen molar-refractivity contribution in [2.24, 2.45) is 0 Å². The largest absolute Gasteiger partial charge is 0.481 e. The molecular formula is C10H18O7. The predicted octanol–water partition coefficient (Wildman–Crippen LogP) is -0.316. The number of carbonyl (C=O) groups excluding carboxylic acids is 1. The molecule has 0 heterocycles. The third kappa shape index (κ3) is 14.8. The van der Waals surface area contributed by atoms with Crippen LogP contribution in [0.15, 0.2) is 0 Å². The molecule has 0 fully saturated rings. The van der Waals surface area contributed by atoms with E-state index >= 15 is 0 Å². The first-order chi connectivity index (χ1) is 8.27. The molecule has 7 nitrogen and oxygen atoms in total. The fraction of sp³-hybridized carbons (Fsp3) is 0.800. The van der Waals surface area contributed by atoms with Crippen molar-refractivity contribution in [3.63, 3.8) is 0 Å². The molecule has 0 aliphatic heterocycles. The zero-order valence-electron chi connectivity index (χ0n) is 9.63. The summed E-state index contributed by atoms with van der Waals surface area (Å²) < 4.78 is 19.6. The van der Waals surface area contributed by atoms with Crippen LogP contribution in [0, 0.1) is 0 Å². The van der Waals surface area contributed by atoms with Gasteiger partial charge in [0.25, 0.3) is 6.47 Å². The summed E-state index contributed by atoms with van der Waals surface area (Å²) in [5, 5.41) is 8.32. The topological polar surface area (TPSA) is 91.3 Å². The summed E-state index contributed by atoms with van der Waals surface area (Å²) >= 11 is 0. The maximum Gasteiger partial charge on any atom is 0.305 e. The number of carbonyl (C=O) groups is 2. The molecule has 0 aliphatic rings. The van der Waals surface area contributed by atoms with Crippen LogP contribution in [-0.2, 0) is 28.5 Å². The van der Waals surface area contributed by atoms with Crippen LogP contribution >= 0.6 is 0 Å². The average molecular weight is 250 g/mol. The lowest BCUT2D eigenvalue weighted by atomic mass is 10.5. The average Bonchev–Trinajstić information content (AvgIpc) is 2.30. The summed E-state index contributed by atoms with van der Waals surface area (Å²) in [6.07, 6.45) is -0.000156. The minimum atomic E-state index is -0.878. The summed E-state index contributed by atoms with van der Waals surface area (Å²) in [5.74, 6) is -0.878. The molecule has 17 heavy (non-hydrogen) atoms. The van der Waals surface area contributed by atoms with Crippen molar-refractivity contribution < 1.29 is 33.6 Å². The van der Waals surface area contributed by atoms with E-state index in [0.717, 1.165) is 0 Å². The van der Waals surface area contributed by atoms with Gasteiger partial charge in [-0.25, -0.2) is 0 Å². The number of hydrogen-bond acceptors (Lipinski definition) is 6. The number of rotatable bonds is 13. The quantitative estimate of drug-likeness (QED) is 0.354. The second-order valence-corrected chi connectivity index (χ2v) is 2.95. The van der Waals surface area contributed by atoms with Crippen LogP contribution in [0.2, 0.25) is 0 Å². The Bertz CT molecular complexity index is 195. The molecule has 1 N–H and O–H groups in total. The smallest absolute Gasteiger partial charge is 0.305 e. The maximum atomic E-state index is 10.1. The molecule has 0 saturated carbocycles. The summed E-state index contributed by atoms with van der Waals surface area (Å²) in [7, 11) is 0. The lowest BCUT2D eigenvalue weighted by Gasteiger charge is -2.05. The zero-order chi connectivity index (χ0) is 12.8. The van der Waals surface area contributed by atoms with Gasteiger partial charge in [0, 0.05) is 0 Å². The van der Waals surface area contributed by atoms with Crippen molar-refractivity contribution in [3.05, 3.63) is 0 Å². The third-order valence-electron chi connectivity index (χ3n) is 1.62. The van der Waals surface area contributed by atoms with Crippen LogP contribution in [0.4, 0.5) is 0 Å². The summed E-state index contributed by atoms with van der Waals surface area (Å²) in [5.41, 5.74) is 0. The van der Waals surface area contributed by atoms with Gasteiger partial charge in [-0.15, -0.1) is 0 Å². The molecule has 0 amide bonds. The highest BCUT2D eigenvalue weighted by atomic mass is 16.6. The summed E-state index contributed by atoms with van der Waals surface area (Å²) in [4.78, 5) is 19.9. The van der Waals surface area contributed by atoms with E-state index in [9.17, 15) is 9.59 Å². The molecule has 0 rings (SSSR count). The van der Waals surface area contributed by atoms with E-state index in [-0.39, 0.29) is 19.6 Å². The summed E-state index contributed by atoms with van der Waals surface area (Å²) in [6, 6.07) is 0. The number of ether oxygens (including phenoxy) is 4. The third-order valence-corrected chi connectivity index (χ3v) is 1.62. The Kier molecular flexibility index (Phi) is 12.0. The first-order valence-corrected chi connectivity index (χ1v) is 5.27. The Labute approximate surface area is 99.6 Å². The van der Waals surface area contributed by atoms with Gasteiger partial charge in [-0.05, 0) is 0 Å². The molecule has 0 unspecified atom stereocenters. The van der Waals surface area contributed by atoms with Crippen LogP contribution in [-0.4, -0.2) is 63.8 Å². The van der Waals surface area contributed by atoms with E-state index in [1.807, 2.05) is 0 Å². The van der Waals surface area contributed by atoms with Crippen molar-refractivity contribution in [2.45, 2.75) is 6.42 Å². The molecule has 0 aliphatic carbocycles. The van der Waals surface area contributed by atoms with Crippen LogP contribution in [0.1, 0.15) is 6.42 Å². The predicted molar refractivity (Wildman–Crippen MR) is 56.7 cm³/mol. The molecule has 0 saturated heterocycles. The molecule has 0 atom stereocenters. The zero-order valence-corrected chi connectivity index (χ0v) is 9.63. The Hall–Kier alpha value is -1.18. The van der Waals surface area contributed by atoms with Gasteiger partial charge < -0.3 is 24.1 Å². The Morgan fingerprint density at radius 3 is 1.82 bits per heavy atom. The Morgan fingerprint density at radius 1 is 0.882 bits per heavy atom. The van der Waals surface area contributed by atoms with Crippen molar-refractivity contribution in [1.29, 1.82) is 0 Å². The lowest BCUT2D eigenvalue weighted by molar-refractivity contribution is -0.138. The minimum absolute atomic E-state index is 0.000156. The highest BCUT2D eigenvalue weighted by Crippen LogP contribution is 1.84. The molecule has 100 valence electrons. The lowest BCUT2D eigenvalue weighted by Crippen LogP contribution is -2.12. The molecule has 0 aromatic rings. The maximum absolute atomic E-state index is 10.1. The van der Waals surface area contributed by atoms with Crippen LogP contribution in [0.25, 0.3) is 0 Å². The van der Waals surface area contributed by atoms with Gasteiger partial charge in [-0.3, -0.25) is 9.59 Å². The normalized spacial score (nSPS) is 10.1. The molecule has 0 aromatic heterocycles. The van der Waals surface area contributed by atoms with E-state index < -0.39 is 5.97 Å². The van der Waals surface area contributed by atoms with Crippen molar-refractivity contribution in [3.8, 4) is 0 Å². The fourth-order valence-corrected chi connectivity index (χ4v) is 0.857. The van der Waals surface area contributed by atoms with Crippen molar-refractivity contribution >= 4 is 12.4 Å². The van der Waals surface area contributed by atoms with E-state index in [1.54, 1.807) is 0 Å². The molecular weight excluding hydrogens is 232 g/mol. The van der Waals surface area contributed by atoms with Gasteiger partial charge in [0.15, 0.2) is 0 Å². The first-order valence-electron chi connectivity index (χ1n) is 5.27. The van der Waals surface area contributed by atoms with Crippen molar-refractivity contribution in [1.82, 2.24) is 0 Å². The van der Waals surface area contributed by atoms with E-state index in [2.05, 4.69) is 4.74 Å². The van der Waals surface area contributed by atoms with Gasteiger partial charge >= 0.3 is 5.97 Å². The van der Waals surface area contributed by atoms with Gasteiger partial charge in [0.05, 0.1) is 46.1 Å². The van der Waals surface area contributed by atoms with Gasteiger partial charge in [0.2, 0.25) is 0 Å².